The van der Waals surface area contributed by atoms with Crippen LogP contribution in [-0.2, 0) is 0 Å². The first-order valence-electron chi connectivity index (χ1n) is 8.18. The molecule has 7 heteroatoms. The van der Waals surface area contributed by atoms with Crippen molar-refractivity contribution in [1.82, 2.24) is 19.9 Å². The average molecular weight is 334 g/mol. The van der Waals surface area contributed by atoms with Crippen molar-refractivity contribution < 1.29 is 4.74 Å². The van der Waals surface area contributed by atoms with Gasteiger partial charge in [0.05, 0.1) is 13.3 Å². The number of nitriles is 1. The van der Waals surface area contributed by atoms with Gasteiger partial charge < -0.3 is 15.0 Å². The minimum Gasteiger partial charge on any atom is -0.494 e. The van der Waals surface area contributed by atoms with E-state index < -0.39 is 0 Å². The summed E-state index contributed by atoms with van der Waals surface area (Å²) in [6.07, 6.45) is 5.31. The van der Waals surface area contributed by atoms with Gasteiger partial charge in [-0.25, -0.2) is 9.50 Å². The molecule has 0 atom stereocenters. The lowest BCUT2D eigenvalue weighted by Crippen LogP contribution is -2.43. The maximum atomic E-state index is 9.21. The van der Waals surface area contributed by atoms with E-state index in [1.54, 1.807) is 17.8 Å². The minimum absolute atomic E-state index is 0.496. The molecule has 1 aliphatic rings. The highest BCUT2D eigenvalue weighted by Crippen LogP contribution is 2.30. The normalized spacial score (nSPS) is 14.5. The highest BCUT2D eigenvalue weighted by Gasteiger charge is 2.14. The van der Waals surface area contributed by atoms with Crippen LogP contribution in [0.25, 0.3) is 16.6 Å². The van der Waals surface area contributed by atoms with Crippen molar-refractivity contribution in [3.05, 3.63) is 42.4 Å². The Hall–Kier alpha value is -3.11. The number of ether oxygens (including phenoxy) is 1. The molecular weight excluding hydrogens is 316 g/mol. The Labute approximate surface area is 145 Å². The van der Waals surface area contributed by atoms with Gasteiger partial charge in [0.25, 0.3) is 0 Å². The molecule has 1 saturated heterocycles. The molecule has 3 aromatic rings. The second-order valence-corrected chi connectivity index (χ2v) is 5.90. The smallest absolute Gasteiger partial charge is 0.146 e. The second kappa shape index (κ2) is 6.42. The number of nitrogens with zero attached hydrogens (tertiary/aromatic N) is 5. The first kappa shape index (κ1) is 15.4. The predicted molar refractivity (Wildman–Crippen MR) is 94.8 cm³/mol. The fraction of sp³-hybridized carbons (Fsp3) is 0.278. The van der Waals surface area contributed by atoms with Crippen molar-refractivity contribution in [1.29, 1.82) is 5.26 Å². The van der Waals surface area contributed by atoms with Gasteiger partial charge in [-0.3, -0.25) is 0 Å². The Morgan fingerprint density at radius 2 is 2.04 bits per heavy atom. The van der Waals surface area contributed by atoms with E-state index in [1.807, 2.05) is 24.5 Å². The van der Waals surface area contributed by atoms with Crippen LogP contribution in [0.1, 0.15) is 5.56 Å². The van der Waals surface area contributed by atoms with Crippen LogP contribution in [-0.4, -0.2) is 47.9 Å². The van der Waals surface area contributed by atoms with Crippen LogP contribution in [0, 0.1) is 11.3 Å². The van der Waals surface area contributed by atoms with E-state index in [-0.39, 0.29) is 0 Å². The summed E-state index contributed by atoms with van der Waals surface area (Å²) >= 11 is 0. The van der Waals surface area contributed by atoms with Crippen LogP contribution in [0.4, 0.5) is 5.82 Å². The molecule has 4 rings (SSSR count). The van der Waals surface area contributed by atoms with Gasteiger partial charge >= 0.3 is 0 Å². The van der Waals surface area contributed by atoms with Gasteiger partial charge in [0.1, 0.15) is 28.7 Å². The number of aromatic nitrogens is 3. The summed E-state index contributed by atoms with van der Waals surface area (Å²) in [6.45, 7) is 3.91. The third-order valence-corrected chi connectivity index (χ3v) is 4.44. The molecule has 1 aliphatic heterocycles. The number of rotatable bonds is 3. The SMILES string of the molecule is COc1cc(-c2ccc(N3CCNCC3)nc2)cn2ncc(C#N)c12. The average Bonchev–Trinajstić information content (AvgIpc) is 3.11. The van der Waals surface area contributed by atoms with E-state index in [0.29, 0.717) is 16.8 Å². The molecule has 0 amide bonds. The number of hydrogen-bond acceptors (Lipinski definition) is 6. The summed E-state index contributed by atoms with van der Waals surface area (Å²) in [5, 5.41) is 16.8. The molecule has 7 nitrogen and oxygen atoms in total. The lowest BCUT2D eigenvalue weighted by Gasteiger charge is -2.28. The molecule has 1 N–H and O–H groups in total. The Kier molecular flexibility index (Phi) is 3.96. The Bertz CT molecular complexity index is 935. The molecule has 25 heavy (non-hydrogen) atoms. The quantitative estimate of drug-likeness (QED) is 0.785. The molecular formula is C18H18N6O. The fourth-order valence-corrected chi connectivity index (χ4v) is 3.12. The highest BCUT2D eigenvalue weighted by molar-refractivity contribution is 5.75. The predicted octanol–water partition coefficient (Wildman–Crippen LogP) is 1.69. The van der Waals surface area contributed by atoms with Crippen molar-refractivity contribution >= 4 is 11.3 Å². The monoisotopic (exact) mass is 334 g/mol. The van der Waals surface area contributed by atoms with Gasteiger partial charge in [-0.2, -0.15) is 10.4 Å². The van der Waals surface area contributed by atoms with Crippen LogP contribution < -0.4 is 15.0 Å². The molecule has 0 radical (unpaired) electrons. The van der Waals surface area contributed by atoms with Gasteiger partial charge in [-0.1, -0.05) is 0 Å². The van der Waals surface area contributed by atoms with Gasteiger partial charge in [0.2, 0.25) is 0 Å². The Morgan fingerprint density at radius 3 is 2.72 bits per heavy atom. The largest absolute Gasteiger partial charge is 0.494 e. The van der Waals surface area contributed by atoms with Crippen molar-refractivity contribution in [2.24, 2.45) is 0 Å². The zero-order valence-corrected chi connectivity index (χ0v) is 13.9. The third kappa shape index (κ3) is 2.77. The summed E-state index contributed by atoms with van der Waals surface area (Å²) < 4.78 is 7.14. The zero-order valence-electron chi connectivity index (χ0n) is 13.9. The number of methoxy groups -OCH3 is 1. The molecule has 0 spiro atoms. The van der Waals surface area contributed by atoms with E-state index in [2.05, 4.69) is 32.4 Å². The molecule has 3 aromatic heterocycles. The van der Waals surface area contributed by atoms with Gasteiger partial charge in [0, 0.05) is 49.7 Å². The van der Waals surface area contributed by atoms with Crippen molar-refractivity contribution in [3.8, 4) is 22.9 Å². The van der Waals surface area contributed by atoms with Crippen LogP contribution in [0.2, 0.25) is 0 Å². The van der Waals surface area contributed by atoms with Crippen LogP contribution in [0.15, 0.2) is 36.8 Å². The van der Waals surface area contributed by atoms with Gasteiger partial charge in [-0.05, 0) is 18.2 Å². The Balaban J connectivity index is 1.70. The third-order valence-electron chi connectivity index (χ3n) is 4.44. The summed E-state index contributed by atoms with van der Waals surface area (Å²) in [6, 6.07) is 8.16. The molecule has 0 aromatic carbocycles. The summed E-state index contributed by atoms with van der Waals surface area (Å²) in [5.74, 6) is 1.61. The molecule has 1 fully saturated rings. The van der Waals surface area contributed by atoms with E-state index in [9.17, 15) is 5.26 Å². The van der Waals surface area contributed by atoms with E-state index in [1.165, 1.54) is 0 Å². The van der Waals surface area contributed by atoms with Crippen molar-refractivity contribution in [2.75, 3.05) is 38.2 Å². The number of fused-ring (bicyclic) bond motifs is 1. The lowest BCUT2D eigenvalue weighted by atomic mass is 10.1. The first-order chi connectivity index (χ1) is 12.3. The molecule has 0 unspecified atom stereocenters. The maximum absolute atomic E-state index is 9.21. The van der Waals surface area contributed by atoms with E-state index in [4.69, 9.17) is 4.74 Å². The zero-order chi connectivity index (χ0) is 17.2. The van der Waals surface area contributed by atoms with Crippen LogP contribution >= 0.6 is 0 Å². The summed E-state index contributed by atoms with van der Waals surface area (Å²) in [7, 11) is 1.60. The highest BCUT2D eigenvalue weighted by atomic mass is 16.5. The number of nitrogens with one attached hydrogen (secondary N) is 1. The van der Waals surface area contributed by atoms with Crippen LogP contribution in [0.5, 0.6) is 5.75 Å². The molecule has 0 bridgehead atoms. The maximum Gasteiger partial charge on any atom is 0.146 e. The fourth-order valence-electron chi connectivity index (χ4n) is 3.12. The van der Waals surface area contributed by atoms with Crippen molar-refractivity contribution in [2.45, 2.75) is 0 Å². The summed E-state index contributed by atoms with van der Waals surface area (Å²) in [4.78, 5) is 6.89. The standard InChI is InChI=1S/C18H18N6O/c1-25-16-8-14(12-24-18(16)15(9-19)11-22-24)13-2-3-17(21-10-13)23-6-4-20-5-7-23/h2-3,8,10-12,20H,4-7H2,1H3. The number of piperazine rings is 1. The first-order valence-corrected chi connectivity index (χ1v) is 8.18. The van der Waals surface area contributed by atoms with E-state index >= 15 is 0 Å². The number of pyridine rings is 2. The topological polar surface area (TPSA) is 78.5 Å². The van der Waals surface area contributed by atoms with Gasteiger partial charge in [-0.15, -0.1) is 0 Å². The number of hydrogen-bond donors (Lipinski definition) is 1. The number of anilines is 1. The van der Waals surface area contributed by atoms with Crippen LogP contribution in [0.3, 0.4) is 0 Å². The summed E-state index contributed by atoms with van der Waals surface area (Å²) in [5.41, 5.74) is 3.10. The lowest BCUT2D eigenvalue weighted by molar-refractivity contribution is 0.417. The molecule has 126 valence electrons. The Morgan fingerprint density at radius 1 is 1.20 bits per heavy atom. The molecule has 0 aliphatic carbocycles. The molecule has 0 saturated carbocycles. The second-order valence-electron chi connectivity index (χ2n) is 5.90. The minimum atomic E-state index is 0.496. The van der Waals surface area contributed by atoms with E-state index in [0.717, 1.165) is 43.1 Å². The van der Waals surface area contributed by atoms with Crippen molar-refractivity contribution in [3.63, 3.8) is 0 Å². The van der Waals surface area contributed by atoms with Gasteiger partial charge in [0.15, 0.2) is 0 Å². The molecule has 4 heterocycles.